The molecule has 0 radical (unpaired) electrons. The fourth-order valence-electron chi connectivity index (χ4n) is 2.81. The molecule has 0 aromatic heterocycles. The predicted octanol–water partition coefficient (Wildman–Crippen LogP) is 4.78. The molecule has 28 heavy (non-hydrogen) atoms. The van der Waals surface area contributed by atoms with Crippen molar-refractivity contribution in [1.29, 1.82) is 0 Å². The molecule has 6 nitrogen and oxygen atoms in total. The first-order chi connectivity index (χ1) is 13.6. The summed E-state index contributed by atoms with van der Waals surface area (Å²) in [7, 11) is 0. The number of rotatable bonds is 7. The standard InChI is InChI=1S/C21H18FN3O3/c22-13-21(26)24-20-10-2-1-9-19(20)16-6-4-7-17(12-16)23-14-15-5-3-8-18(11-15)25(27)28/h1-12,23H,13-14H2,(H,24,26). The van der Waals surface area contributed by atoms with Crippen molar-refractivity contribution in [3.05, 3.63) is 88.5 Å². The molecule has 3 aromatic rings. The molecule has 0 spiro atoms. The quantitative estimate of drug-likeness (QED) is 0.457. The van der Waals surface area contributed by atoms with Crippen LogP contribution in [0.15, 0.2) is 72.8 Å². The Bertz CT molecular complexity index is 1010. The highest BCUT2D eigenvalue weighted by molar-refractivity contribution is 5.96. The number of nitro groups is 1. The molecule has 7 heteroatoms. The lowest BCUT2D eigenvalue weighted by Crippen LogP contribution is -2.13. The van der Waals surface area contributed by atoms with Crippen LogP contribution in [0.5, 0.6) is 0 Å². The zero-order valence-corrected chi connectivity index (χ0v) is 14.9. The molecule has 3 aromatic carbocycles. The van der Waals surface area contributed by atoms with Crippen molar-refractivity contribution in [1.82, 2.24) is 0 Å². The number of para-hydroxylation sites is 1. The molecular formula is C21H18FN3O3. The van der Waals surface area contributed by atoms with Gasteiger partial charge in [-0.1, -0.05) is 42.5 Å². The van der Waals surface area contributed by atoms with Gasteiger partial charge in [-0.3, -0.25) is 14.9 Å². The minimum Gasteiger partial charge on any atom is -0.381 e. The summed E-state index contributed by atoms with van der Waals surface area (Å²) in [5, 5.41) is 16.7. The van der Waals surface area contributed by atoms with E-state index < -0.39 is 17.5 Å². The zero-order valence-electron chi connectivity index (χ0n) is 14.9. The van der Waals surface area contributed by atoms with Gasteiger partial charge < -0.3 is 10.6 Å². The molecule has 0 saturated carbocycles. The van der Waals surface area contributed by atoms with Gasteiger partial charge in [-0.25, -0.2) is 4.39 Å². The second kappa shape index (κ2) is 8.77. The van der Waals surface area contributed by atoms with Crippen molar-refractivity contribution in [2.75, 3.05) is 17.3 Å². The average Bonchev–Trinajstić information content (AvgIpc) is 2.73. The number of carbonyl (C=O) groups is 1. The highest BCUT2D eigenvalue weighted by Gasteiger charge is 2.09. The number of hydrogen-bond donors (Lipinski definition) is 2. The van der Waals surface area contributed by atoms with Gasteiger partial charge in [0.2, 0.25) is 0 Å². The third-order valence-corrected chi connectivity index (χ3v) is 4.11. The number of halogens is 1. The van der Waals surface area contributed by atoms with Crippen molar-refractivity contribution in [2.24, 2.45) is 0 Å². The second-order valence-electron chi connectivity index (χ2n) is 6.09. The van der Waals surface area contributed by atoms with Gasteiger partial charge in [-0.05, 0) is 29.3 Å². The minimum atomic E-state index is -1.08. The number of alkyl halides is 1. The van der Waals surface area contributed by atoms with E-state index >= 15 is 0 Å². The lowest BCUT2D eigenvalue weighted by atomic mass is 10.0. The van der Waals surface area contributed by atoms with Crippen molar-refractivity contribution < 1.29 is 14.1 Å². The van der Waals surface area contributed by atoms with Crippen LogP contribution in [0.4, 0.5) is 21.5 Å². The fourth-order valence-corrected chi connectivity index (χ4v) is 2.81. The maximum absolute atomic E-state index is 12.5. The Balaban J connectivity index is 1.79. The third-order valence-electron chi connectivity index (χ3n) is 4.11. The van der Waals surface area contributed by atoms with Gasteiger partial charge in [0.05, 0.1) is 4.92 Å². The number of nitrogens with zero attached hydrogens (tertiary/aromatic N) is 1. The largest absolute Gasteiger partial charge is 0.381 e. The van der Waals surface area contributed by atoms with Crippen LogP contribution in [-0.2, 0) is 11.3 Å². The van der Waals surface area contributed by atoms with Crippen molar-refractivity contribution >= 4 is 23.0 Å². The van der Waals surface area contributed by atoms with Crippen molar-refractivity contribution in [3.63, 3.8) is 0 Å². The van der Waals surface area contributed by atoms with Gasteiger partial charge in [0, 0.05) is 35.6 Å². The van der Waals surface area contributed by atoms with Crippen molar-refractivity contribution in [2.45, 2.75) is 6.54 Å². The Morgan fingerprint density at radius 3 is 2.57 bits per heavy atom. The van der Waals surface area contributed by atoms with E-state index in [0.717, 1.165) is 22.4 Å². The summed E-state index contributed by atoms with van der Waals surface area (Å²) >= 11 is 0. The molecule has 0 aliphatic carbocycles. The number of amides is 1. The van der Waals surface area contributed by atoms with Crippen LogP contribution in [0.1, 0.15) is 5.56 Å². The number of hydrogen-bond acceptors (Lipinski definition) is 4. The first kappa shape index (κ1) is 19.0. The molecule has 1 amide bonds. The van der Waals surface area contributed by atoms with E-state index in [-0.39, 0.29) is 5.69 Å². The van der Waals surface area contributed by atoms with Gasteiger partial charge in [0.25, 0.3) is 11.6 Å². The Labute approximate surface area is 161 Å². The van der Waals surface area contributed by atoms with Gasteiger partial charge in [0.15, 0.2) is 6.67 Å². The summed E-state index contributed by atoms with van der Waals surface area (Å²) in [4.78, 5) is 21.9. The third kappa shape index (κ3) is 4.70. The van der Waals surface area contributed by atoms with Crippen LogP contribution in [0.3, 0.4) is 0 Å². The highest BCUT2D eigenvalue weighted by Crippen LogP contribution is 2.30. The predicted molar refractivity (Wildman–Crippen MR) is 107 cm³/mol. The normalized spacial score (nSPS) is 10.3. The van der Waals surface area contributed by atoms with Crippen LogP contribution < -0.4 is 10.6 Å². The molecule has 0 fully saturated rings. The van der Waals surface area contributed by atoms with Crippen LogP contribution >= 0.6 is 0 Å². The summed E-state index contributed by atoms with van der Waals surface area (Å²) in [6, 6.07) is 21.1. The Morgan fingerprint density at radius 2 is 1.79 bits per heavy atom. The van der Waals surface area contributed by atoms with E-state index in [1.54, 1.807) is 18.2 Å². The summed E-state index contributed by atoms with van der Waals surface area (Å²) in [6.45, 7) is -0.662. The van der Waals surface area contributed by atoms with Crippen LogP contribution in [0.2, 0.25) is 0 Å². The number of anilines is 2. The van der Waals surface area contributed by atoms with E-state index in [9.17, 15) is 19.3 Å². The minimum absolute atomic E-state index is 0.0468. The molecule has 0 unspecified atom stereocenters. The van der Waals surface area contributed by atoms with E-state index in [2.05, 4.69) is 10.6 Å². The van der Waals surface area contributed by atoms with E-state index in [1.165, 1.54) is 12.1 Å². The van der Waals surface area contributed by atoms with Crippen molar-refractivity contribution in [3.8, 4) is 11.1 Å². The average molecular weight is 379 g/mol. The molecule has 0 atom stereocenters. The summed E-state index contributed by atoms with van der Waals surface area (Å²) in [6.07, 6.45) is 0. The number of non-ortho nitro benzene ring substituents is 1. The molecule has 0 aliphatic heterocycles. The van der Waals surface area contributed by atoms with Crippen LogP contribution in [0.25, 0.3) is 11.1 Å². The molecule has 0 heterocycles. The molecule has 0 saturated heterocycles. The van der Waals surface area contributed by atoms with Crippen LogP contribution in [0, 0.1) is 10.1 Å². The molecule has 2 N–H and O–H groups in total. The second-order valence-corrected chi connectivity index (χ2v) is 6.09. The van der Waals surface area contributed by atoms with Gasteiger partial charge in [-0.15, -0.1) is 0 Å². The topological polar surface area (TPSA) is 84.3 Å². The summed E-state index contributed by atoms with van der Waals surface area (Å²) < 4.78 is 12.5. The molecule has 0 aliphatic rings. The zero-order chi connectivity index (χ0) is 19.9. The van der Waals surface area contributed by atoms with E-state index in [4.69, 9.17) is 0 Å². The number of benzene rings is 3. The van der Waals surface area contributed by atoms with Gasteiger partial charge >= 0.3 is 0 Å². The van der Waals surface area contributed by atoms with Crippen LogP contribution in [-0.4, -0.2) is 17.5 Å². The van der Waals surface area contributed by atoms with Gasteiger partial charge in [0.1, 0.15) is 0 Å². The summed E-state index contributed by atoms with van der Waals surface area (Å²) in [5.41, 5.74) is 3.79. The van der Waals surface area contributed by atoms with E-state index in [0.29, 0.717) is 12.2 Å². The lowest BCUT2D eigenvalue weighted by Gasteiger charge is -2.12. The number of carbonyl (C=O) groups excluding carboxylic acids is 1. The maximum atomic E-state index is 12.5. The maximum Gasteiger partial charge on any atom is 0.269 e. The lowest BCUT2D eigenvalue weighted by molar-refractivity contribution is -0.384. The number of nitrogens with one attached hydrogen (secondary N) is 2. The number of nitro benzene ring substituents is 1. The molecular weight excluding hydrogens is 361 g/mol. The summed E-state index contributed by atoms with van der Waals surface area (Å²) in [5.74, 6) is -0.701. The molecule has 3 rings (SSSR count). The Hall–Kier alpha value is -3.74. The highest BCUT2D eigenvalue weighted by atomic mass is 19.1. The SMILES string of the molecule is O=C(CF)Nc1ccccc1-c1cccc(NCc2cccc([N+](=O)[O-])c2)c1. The molecule has 142 valence electrons. The smallest absolute Gasteiger partial charge is 0.269 e. The first-order valence-electron chi connectivity index (χ1n) is 8.59. The monoisotopic (exact) mass is 379 g/mol. The first-order valence-corrected chi connectivity index (χ1v) is 8.59. The Kier molecular flexibility index (Phi) is 5.96. The fraction of sp³-hybridized carbons (Fsp3) is 0.0952. The molecule has 0 bridgehead atoms. The Morgan fingerprint density at radius 1 is 1.00 bits per heavy atom. The van der Waals surface area contributed by atoms with E-state index in [1.807, 2.05) is 42.5 Å². The van der Waals surface area contributed by atoms with Gasteiger partial charge in [-0.2, -0.15) is 0 Å².